The predicted octanol–water partition coefficient (Wildman–Crippen LogP) is 13.4. The van der Waals surface area contributed by atoms with Crippen LogP contribution in [0.3, 0.4) is 0 Å². The lowest BCUT2D eigenvalue weighted by Gasteiger charge is -2.07. The van der Waals surface area contributed by atoms with E-state index in [0.717, 1.165) is 66.1 Å². The topological polar surface area (TPSA) is 26.3 Å². The lowest BCUT2D eigenvalue weighted by Crippen LogP contribution is -1.84. The molecule has 7 aromatic carbocycles. The summed E-state index contributed by atoms with van der Waals surface area (Å²) in [6.45, 7) is 8.60. The lowest BCUT2D eigenvalue weighted by atomic mass is 9.97. The van der Waals surface area contributed by atoms with E-state index in [1.165, 1.54) is 44.5 Å². The van der Waals surface area contributed by atoms with Gasteiger partial charge in [0.15, 0.2) is 11.2 Å². The highest BCUT2D eigenvalue weighted by Crippen LogP contribution is 2.41. The molecule has 0 fully saturated rings. The van der Waals surface area contributed by atoms with Gasteiger partial charge in [0.2, 0.25) is 0 Å². The molecule has 0 spiro atoms. The van der Waals surface area contributed by atoms with E-state index in [1.807, 2.05) is 0 Å². The molecule has 2 nitrogen and oxygen atoms in total. The van der Waals surface area contributed by atoms with Crippen LogP contribution in [0.1, 0.15) is 22.3 Å². The van der Waals surface area contributed by atoms with Crippen molar-refractivity contribution >= 4 is 43.9 Å². The standard InChI is InChI=1S/C46H34O2/c1-27-19-28(2)22-37(21-27)33-9-5-31(6-10-33)35-13-15-39-41-17-18-42-40-16-14-36(26-44(40)48-46(42)45(41)47-43(39)25-35)32-7-11-34(12-8-32)38-23-29(3)20-30(4)24-38/h5-26H,1-4H3. The molecule has 2 heterocycles. The summed E-state index contributed by atoms with van der Waals surface area (Å²) in [5.74, 6) is 0. The quantitative estimate of drug-likeness (QED) is 0.196. The number of furan rings is 2. The van der Waals surface area contributed by atoms with E-state index < -0.39 is 0 Å². The second-order valence-corrected chi connectivity index (χ2v) is 13.4. The van der Waals surface area contributed by atoms with E-state index >= 15 is 0 Å². The normalized spacial score (nSPS) is 11.8. The second-order valence-electron chi connectivity index (χ2n) is 13.4. The fourth-order valence-corrected chi connectivity index (χ4v) is 7.42. The molecule has 0 aliphatic carbocycles. The number of hydrogen-bond donors (Lipinski definition) is 0. The van der Waals surface area contributed by atoms with Crippen molar-refractivity contribution in [1.82, 2.24) is 0 Å². The Morgan fingerprint density at radius 2 is 0.562 bits per heavy atom. The van der Waals surface area contributed by atoms with Gasteiger partial charge in [-0.3, -0.25) is 0 Å². The van der Waals surface area contributed by atoms with Gasteiger partial charge in [0, 0.05) is 21.5 Å². The van der Waals surface area contributed by atoms with Gasteiger partial charge in [-0.05, 0) is 109 Å². The number of fused-ring (bicyclic) bond motifs is 7. The highest BCUT2D eigenvalue weighted by molar-refractivity contribution is 6.19. The largest absolute Gasteiger partial charge is 0.452 e. The first-order chi connectivity index (χ1) is 23.4. The summed E-state index contributed by atoms with van der Waals surface area (Å²) >= 11 is 0. The molecule has 9 rings (SSSR count). The van der Waals surface area contributed by atoms with Gasteiger partial charge in [-0.25, -0.2) is 0 Å². The zero-order valence-electron chi connectivity index (χ0n) is 27.5. The summed E-state index contributed by atoms with van der Waals surface area (Å²) in [4.78, 5) is 0. The van der Waals surface area contributed by atoms with Gasteiger partial charge in [-0.15, -0.1) is 0 Å². The van der Waals surface area contributed by atoms with Crippen molar-refractivity contribution in [3.8, 4) is 44.5 Å². The Hall–Kier alpha value is -5.86. The van der Waals surface area contributed by atoms with Crippen molar-refractivity contribution in [2.45, 2.75) is 27.7 Å². The predicted molar refractivity (Wildman–Crippen MR) is 202 cm³/mol. The van der Waals surface area contributed by atoms with Crippen LogP contribution in [0.25, 0.3) is 88.4 Å². The summed E-state index contributed by atoms with van der Waals surface area (Å²) in [6.07, 6.45) is 0. The average Bonchev–Trinajstić information content (AvgIpc) is 3.65. The van der Waals surface area contributed by atoms with Crippen LogP contribution in [-0.4, -0.2) is 0 Å². The zero-order chi connectivity index (χ0) is 32.5. The molecule has 48 heavy (non-hydrogen) atoms. The minimum Gasteiger partial charge on any atom is -0.452 e. The van der Waals surface area contributed by atoms with Crippen molar-refractivity contribution in [2.75, 3.05) is 0 Å². The zero-order valence-corrected chi connectivity index (χ0v) is 27.5. The summed E-state index contributed by atoms with van der Waals surface area (Å²) in [5.41, 5.74) is 17.9. The van der Waals surface area contributed by atoms with Gasteiger partial charge in [0.05, 0.1) is 0 Å². The Balaban J connectivity index is 1.06. The van der Waals surface area contributed by atoms with Crippen LogP contribution < -0.4 is 0 Å². The van der Waals surface area contributed by atoms with Crippen LogP contribution in [-0.2, 0) is 0 Å². The molecular weight excluding hydrogens is 585 g/mol. The number of hydrogen-bond acceptors (Lipinski definition) is 2. The smallest absolute Gasteiger partial charge is 0.178 e. The van der Waals surface area contributed by atoms with Gasteiger partial charge in [0.25, 0.3) is 0 Å². The number of rotatable bonds is 4. The first-order valence-corrected chi connectivity index (χ1v) is 16.6. The van der Waals surface area contributed by atoms with Crippen LogP contribution in [0.5, 0.6) is 0 Å². The maximum Gasteiger partial charge on any atom is 0.178 e. The molecule has 2 heteroatoms. The van der Waals surface area contributed by atoms with E-state index in [-0.39, 0.29) is 0 Å². The average molecular weight is 619 g/mol. The van der Waals surface area contributed by atoms with Crippen molar-refractivity contribution in [3.05, 3.63) is 156 Å². The molecule has 2 aromatic heterocycles. The minimum absolute atomic E-state index is 0.792. The summed E-state index contributed by atoms with van der Waals surface area (Å²) < 4.78 is 13.1. The SMILES string of the molecule is Cc1cc(C)cc(-c2ccc(-c3ccc4c(c3)oc3c4ccc4c5ccc(-c6ccc(-c7cc(C)cc(C)c7)cc6)cc5oc43)cc2)c1. The molecule has 0 aliphatic heterocycles. The van der Waals surface area contributed by atoms with Gasteiger partial charge in [0.1, 0.15) is 11.2 Å². The number of benzene rings is 7. The Morgan fingerprint density at radius 1 is 0.271 bits per heavy atom. The first-order valence-electron chi connectivity index (χ1n) is 16.6. The summed E-state index contributed by atoms with van der Waals surface area (Å²) in [5, 5.41) is 4.31. The first kappa shape index (κ1) is 28.4. The van der Waals surface area contributed by atoms with Crippen molar-refractivity contribution in [3.63, 3.8) is 0 Å². The third-order valence-corrected chi connectivity index (χ3v) is 9.63. The van der Waals surface area contributed by atoms with Crippen molar-refractivity contribution in [2.24, 2.45) is 0 Å². The Kier molecular flexibility index (Phi) is 6.42. The van der Waals surface area contributed by atoms with Crippen LogP contribution >= 0.6 is 0 Å². The second kappa shape index (κ2) is 10.9. The van der Waals surface area contributed by atoms with E-state index in [0.29, 0.717) is 0 Å². The summed E-state index contributed by atoms with van der Waals surface area (Å²) in [6, 6.07) is 48.3. The molecule has 0 aliphatic rings. The van der Waals surface area contributed by atoms with E-state index in [1.54, 1.807) is 0 Å². The molecule has 230 valence electrons. The highest BCUT2D eigenvalue weighted by Gasteiger charge is 2.17. The van der Waals surface area contributed by atoms with Crippen LogP contribution in [0.4, 0.5) is 0 Å². The van der Waals surface area contributed by atoms with Gasteiger partial charge >= 0.3 is 0 Å². The van der Waals surface area contributed by atoms with Gasteiger partial charge < -0.3 is 8.83 Å². The van der Waals surface area contributed by atoms with Gasteiger partial charge in [-0.1, -0.05) is 119 Å². The van der Waals surface area contributed by atoms with Crippen molar-refractivity contribution in [1.29, 1.82) is 0 Å². The monoisotopic (exact) mass is 618 g/mol. The molecule has 0 bridgehead atoms. The van der Waals surface area contributed by atoms with Crippen LogP contribution in [0.15, 0.2) is 142 Å². The maximum absolute atomic E-state index is 6.57. The molecule has 0 radical (unpaired) electrons. The van der Waals surface area contributed by atoms with Crippen LogP contribution in [0.2, 0.25) is 0 Å². The molecule has 0 amide bonds. The Morgan fingerprint density at radius 3 is 0.917 bits per heavy atom. The van der Waals surface area contributed by atoms with E-state index in [2.05, 4.69) is 161 Å². The van der Waals surface area contributed by atoms with E-state index in [9.17, 15) is 0 Å². The Labute approximate surface area is 279 Å². The third kappa shape index (κ3) is 4.80. The maximum atomic E-state index is 6.57. The fraction of sp³-hybridized carbons (Fsp3) is 0.0870. The van der Waals surface area contributed by atoms with Crippen LogP contribution in [0, 0.1) is 27.7 Å². The van der Waals surface area contributed by atoms with Crippen molar-refractivity contribution < 1.29 is 8.83 Å². The Bertz CT molecular complexity index is 2450. The molecule has 0 unspecified atom stereocenters. The fourth-order valence-electron chi connectivity index (χ4n) is 7.42. The molecular formula is C46H34O2. The molecule has 0 N–H and O–H groups in total. The number of aryl methyl sites for hydroxylation is 4. The highest BCUT2D eigenvalue weighted by atomic mass is 16.4. The van der Waals surface area contributed by atoms with E-state index in [4.69, 9.17) is 8.83 Å². The third-order valence-electron chi connectivity index (χ3n) is 9.63. The molecule has 0 saturated heterocycles. The van der Waals surface area contributed by atoms with Gasteiger partial charge in [-0.2, -0.15) is 0 Å². The molecule has 9 aromatic rings. The minimum atomic E-state index is 0.792. The summed E-state index contributed by atoms with van der Waals surface area (Å²) in [7, 11) is 0. The lowest BCUT2D eigenvalue weighted by molar-refractivity contribution is 0.633. The molecule has 0 saturated carbocycles. The molecule has 0 atom stereocenters.